The highest BCUT2D eigenvalue weighted by Gasteiger charge is 2.36. The van der Waals surface area contributed by atoms with Crippen LogP contribution in [0, 0.1) is 0 Å². The number of rotatable bonds is 9. The lowest BCUT2D eigenvalue weighted by molar-refractivity contribution is -0.137. The van der Waals surface area contributed by atoms with Gasteiger partial charge >= 0.3 is 6.18 Å². The lowest BCUT2D eigenvalue weighted by Crippen LogP contribution is -2.42. The maximum absolute atomic E-state index is 13.9. The van der Waals surface area contributed by atoms with Gasteiger partial charge in [-0.25, -0.2) is 15.0 Å². The molecule has 1 aliphatic rings. The first-order chi connectivity index (χ1) is 21.1. The van der Waals surface area contributed by atoms with Crippen LogP contribution in [-0.2, 0) is 11.0 Å². The number of para-hydroxylation sites is 1. The van der Waals surface area contributed by atoms with Crippen LogP contribution in [0.2, 0.25) is 0 Å². The smallest absolute Gasteiger partial charge is 0.360 e. The molecule has 0 unspecified atom stereocenters. The molecule has 13 heteroatoms. The SMILES string of the molecule is CN(C)C/C=C/C(=O)Nc1ccc(C(=O)N[C@H]2CCC[C@@H](Nc3ncc(C(F)(F)F)c(-c4c[nH]c5ccccc45)n3)C2)nc1. The highest BCUT2D eigenvalue weighted by Crippen LogP contribution is 2.38. The molecule has 0 spiro atoms. The number of H-pyrrole nitrogens is 1. The van der Waals surface area contributed by atoms with Gasteiger partial charge in [-0.15, -0.1) is 0 Å². The molecule has 1 aliphatic carbocycles. The molecule has 0 saturated heterocycles. The summed E-state index contributed by atoms with van der Waals surface area (Å²) in [5.74, 6) is -0.560. The minimum Gasteiger partial charge on any atom is -0.360 e. The number of alkyl halides is 3. The van der Waals surface area contributed by atoms with Crippen molar-refractivity contribution in [2.24, 2.45) is 0 Å². The molecule has 4 aromatic rings. The van der Waals surface area contributed by atoms with Gasteiger partial charge < -0.3 is 25.8 Å². The van der Waals surface area contributed by atoms with Gasteiger partial charge in [0.05, 0.1) is 17.6 Å². The van der Waals surface area contributed by atoms with Crippen LogP contribution in [0.4, 0.5) is 24.8 Å². The molecule has 4 N–H and O–H groups in total. The number of halogens is 3. The fourth-order valence-corrected chi connectivity index (χ4v) is 5.18. The van der Waals surface area contributed by atoms with Crippen LogP contribution in [0.15, 0.2) is 67.1 Å². The number of likely N-dealkylation sites (N-methyl/N-ethyl adjacent to an activating group) is 1. The average Bonchev–Trinajstić information content (AvgIpc) is 3.41. The minimum atomic E-state index is -4.63. The normalized spacial score (nSPS) is 17.2. The van der Waals surface area contributed by atoms with E-state index >= 15 is 0 Å². The van der Waals surface area contributed by atoms with Crippen LogP contribution >= 0.6 is 0 Å². The van der Waals surface area contributed by atoms with Crippen LogP contribution in [0.25, 0.3) is 22.2 Å². The van der Waals surface area contributed by atoms with Crippen molar-refractivity contribution < 1.29 is 22.8 Å². The van der Waals surface area contributed by atoms with E-state index in [-0.39, 0.29) is 41.2 Å². The summed E-state index contributed by atoms with van der Waals surface area (Å²) >= 11 is 0. The topological polar surface area (TPSA) is 128 Å². The summed E-state index contributed by atoms with van der Waals surface area (Å²) < 4.78 is 41.7. The van der Waals surface area contributed by atoms with Crippen molar-refractivity contribution in [3.05, 3.63) is 78.4 Å². The van der Waals surface area contributed by atoms with Gasteiger partial charge in [-0.2, -0.15) is 13.2 Å². The van der Waals surface area contributed by atoms with E-state index in [1.807, 2.05) is 19.0 Å². The largest absolute Gasteiger partial charge is 0.419 e. The molecule has 2 amide bonds. The van der Waals surface area contributed by atoms with Crippen LogP contribution < -0.4 is 16.0 Å². The molecule has 5 rings (SSSR count). The lowest BCUT2D eigenvalue weighted by atomic mass is 9.91. The molecule has 0 bridgehead atoms. The monoisotopic (exact) mass is 606 g/mol. The molecule has 1 aromatic carbocycles. The zero-order chi connectivity index (χ0) is 31.3. The number of hydrogen-bond donors (Lipinski definition) is 4. The summed E-state index contributed by atoms with van der Waals surface area (Å²) in [6.45, 7) is 0.631. The number of aromatic amines is 1. The molecule has 0 aliphatic heterocycles. The number of benzene rings is 1. The number of fused-ring (bicyclic) bond motifs is 1. The number of nitrogens with one attached hydrogen (secondary N) is 4. The Bertz CT molecular complexity index is 1650. The molecule has 2 atom stereocenters. The number of carbonyl (C=O) groups excluding carboxylic acids is 2. The summed E-state index contributed by atoms with van der Waals surface area (Å²) in [4.78, 5) is 42.4. The van der Waals surface area contributed by atoms with E-state index in [1.54, 1.807) is 36.4 Å². The van der Waals surface area contributed by atoms with Gasteiger partial charge in [-0.1, -0.05) is 24.3 Å². The van der Waals surface area contributed by atoms with Crippen molar-refractivity contribution in [3.8, 4) is 11.3 Å². The molecular formula is C31H33F3N8O2. The highest BCUT2D eigenvalue weighted by molar-refractivity contribution is 5.99. The lowest BCUT2D eigenvalue weighted by Gasteiger charge is -2.30. The van der Waals surface area contributed by atoms with Crippen molar-refractivity contribution in [3.63, 3.8) is 0 Å². The number of anilines is 2. The Balaban J connectivity index is 1.22. The fourth-order valence-electron chi connectivity index (χ4n) is 5.18. The van der Waals surface area contributed by atoms with Crippen molar-refractivity contribution in [2.45, 2.75) is 43.9 Å². The zero-order valence-electron chi connectivity index (χ0n) is 24.3. The molecule has 44 heavy (non-hydrogen) atoms. The standard InChI is InChI=1S/C31H33F3N8O2/c1-42(2)14-6-11-27(43)38-21-12-13-26(35-16-21)29(44)39-19-7-5-8-20(15-19)40-30-37-18-24(31(32,33)34)28(41-30)23-17-36-25-10-4-3-9-22(23)25/h3-4,6,9-13,16-20,36H,5,7-8,14-15H2,1-2H3,(H,38,43)(H,39,44)(H,37,40,41)/b11-6+/t19-,20+/m0/s1. The molecule has 3 aromatic heterocycles. The van der Waals surface area contributed by atoms with Crippen LogP contribution in [-0.4, -0.2) is 69.4 Å². The Morgan fingerprint density at radius 3 is 2.61 bits per heavy atom. The van der Waals surface area contributed by atoms with E-state index in [9.17, 15) is 22.8 Å². The number of aromatic nitrogens is 4. The molecular weight excluding hydrogens is 573 g/mol. The Kier molecular flexibility index (Phi) is 9.23. The van der Waals surface area contributed by atoms with Gasteiger partial charge in [-0.3, -0.25) is 9.59 Å². The van der Waals surface area contributed by atoms with Crippen molar-refractivity contribution >= 4 is 34.4 Å². The number of nitrogens with zero attached hydrogens (tertiary/aromatic N) is 4. The first-order valence-corrected chi connectivity index (χ1v) is 14.2. The molecule has 0 radical (unpaired) electrons. The summed E-state index contributed by atoms with van der Waals surface area (Å²) in [7, 11) is 3.80. The van der Waals surface area contributed by atoms with Crippen LogP contribution in [0.3, 0.4) is 0 Å². The predicted octanol–water partition coefficient (Wildman–Crippen LogP) is 5.25. The minimum absolute atomic E-state index is 0.0890. The predicted molar refractivity (Wildman–Crippen MR) is 162 cm³/mol. The quantitative estimate of drug-likeness (QED) is 0.192. The summed E-state index contributed by atoms with van der Waals surface area (Å²) in [5, 5.41) is 9.51. The summed E-state index contributed by atoms with van der Waals surface area (Å²) in [5.41, 5.74) is 0.591. The third kappa shape index (κ3) is 7.59. The molecule has 10 nitrogen and oxygen atoms in total. The van der Waals surface area contributed by atoms with E-state index < -0.39 is 11.7 Å². The summed E-state index contributed by atoms with van der Waals surface area (Å²) in [6, 6.07) is 9.90. The van der Waals surface area contributed by atoms with E-state index in [2.05, 4.69) is 35.9 Å². The Morgan fingerprint density at radius 2 is 1.86 bits per heavy atom. The highest BCUT2D eigenvalue weighted by atomic mass is 19.4. The average molecular weight is 607 g/mol. The number of amides is 2. The Hall–Kier alpha value is -4.78. The molecule has 3 heterocycles. The van der Waals surface area contributed by atoms with E-state index in [0.717, 1.165) is 25.5 Å². The first kappa shape index (κ1) is 30.7. The second-order valence-corrected chi connectivity index (χ2v) is 11.0. The number of pyridine rings is 1. The van der Waals surface area contributed by atoms with Gasteiger partial charge in [0.1, 0.15) is 11.3 Å². The van der Waals surface area contributed by atoms with E-state index in [0.29, 0.717) is 35.1 Å². The molecule has 1 saturated carbocycles. The van der Waals surface area contributed by atoms with Gasteiger partial charge in [0.25, 0.3) is 5.91 Å². The first-order valence-electron chi connectivity index (χ1n) is 14.2. The van der Waals surface area contributed by atoms with Crippen LogP contribution in [0.5, 0.6) is 0 Å². The maximum Gasteiger partial charge on any atom is 0.419 e. The van der Waals surface area contributed by atoms with Crippen LogP contribution in [0.1, 0.15) is 41.7 Å². The molecule has 1 fully saturated rings. The van der Waals surface area contributed by atoms with Gasteiger partial charge in [0.15, 0.2) is 0 Å². The third-order valence-electron chi connectivity index (χ3n) is 7.28. The van der Waals surface area contributed by atoms with E-state index in [4.69, 9.17) is 0 Å². The Morgan fingerprint density at radius 1 is 1.07 bits per heavy atom. The fraction of sp³-hybridized carbons (Fsp3) is 0.323. The van der Waals surface area contributed by atoms with E-state index in [1.165, 1.54) is 24.5 Å². The van der Waals surface area contributed by atoms with Gasteiger partial charge in [0.2, 0.25) is 11.9 Å². The summed E-state index contributed by atoms with van der Waals surface area (Å²) in [6.07, 6.45) is 5.11. The zero-order valence-corrected chi connectivity index (χ0v) is 24.3. The second kappa shape index (κ2) is 13.2. The van der Waals surface area contributed by atoms with Crippen molar-refractivity contribution in [1.82, 2.24) is 30.2 Å². The third-order valence-corrected chi connectivity index (χ3v) is 7.28. The number of hydrogen-bond acceptors (Lipinski definition) is 7. The molecule has 230 valence electrons. The van der Waals surface area contributed by atoms with Gasteiger partial charge in [0, 0.05) is 53.6 Å². The second-order valence-electron chi connectivity index (χ2n) is 11.0. The number of carbonyl (C=O) groups is 2. The van der Waals surface area contributed by atoms with Gasteiger partial charge in [-0.05, 0) is 58.0 Å². The van der Waals surface area contributed by atoms with Crippen molar-refractivity contribution in [1.29, 1.82) is 0 Å². The van der Waals surface area contributed by atoms with Crippen molar-refractivity contribution in [2.75, 3.05) is 31.3 Å². The maximum atomic E-state index is 13.9. The Labute approximate surface area is 252 Å².